The van der Waals surface area contributed by atoms with E-state index in [2.05, 4.69) is 47.2 Å². The molecule has 2 aromatic rings. The number of rotatable bonds is 7. The summed E-state index contributed by atoms with van der Waals surface area (Å²) in [4.78, 5) is 4.45. The van der Waals surface area contributed by atoms with Crippen LogP contribution in [0.25, 0.3) is 10.8 Å². The van der Waals surface area contributed by atoms with E-state index in [1.807, 2.05) is 6.07 Å². The van der Waals surface area contributed by atoms with Gasteiger partial charge in [-0.15, -0.1) is 0 Å². The molecule has 0 aliphatic carbocycles. The molecule has 1 N–H and O–H groups in total. The standard InChI is InChI=1S/C20H28N2O3/c1-21(14-19(23)15-22-7-9-25-10-8-22)13-16-3-4-18-12-20(24-2)6-5-17(18)11-16/h3-6,11-12,19,23H,7-10,13-15H2,1-2H3. The highest BCUT2D eigenvalue weighted by Gasteiger charge is 2.16. The van der Waals surface area contributed by atoms with Gasteiger partial charge in [0.15, 0.2) is 0 Å². The highest BCUT2D eigenvalue weighted by atomic mass is 16.5. The number of ether oxygens (including phenoxy) is 2. The molecular formula is C20H28N2O3. The third-order valence-electron chi connectivity index (χ3n) is 4.66. The number of hydrogen-bond acceptors (Lipinski definition) is 5. The lowest BCUT2D eigenvalue weighted by molar-refractivity contribution is 0.00825. The summed E-state index contributed by atoms with van der Waals surface area (Å²) in [5, 5.41) is 12.7. The minimum absolute atomic E-state index is 0.340. The number of nitrogens with zero attached hydrogens (tertiary/aromatic N) is 2. The van der Waals surface area contributed by atoms with Crippen molar-refractivity contribution in [3.05, 3.63) is 42.0 Å². The van der Waals surface area contributed by atoms with E-state index in [-0.39, 0.29) is 6.10 Å². The maximum absolute atomic E-state index is 10.3. The Bertz CT molecular complexity index is 686. The first kappa shape index (κ1) is 18.1. The smallest absolute Gasteiger partial charge is 0.119 e. The first-order valence-corrected chi connectivity index (χ1v) is 8.87. The maximum Gasteiger partial charge on any atom is 0.119 e. The number of aliphatic hydroxyl groups is 1. The molecule has 0 spiro atoms. The molecule has 2 aromatic carbocycles. The molecule has 1 saturated heterocycles. The molecule has 136 valence electrons. The quantitative estimate of drug-likeness (QED) is 0.832. The summed E-state index contributed by atoms with van der Waals surface area (Å²) >= 11 is 0. The lowest BCUT2D eigenvalue weighted by Gasteiger charge is -2.30. The molecule has 1 aliphatic heterocycles. The second-order valence-corrected chi connectivity index (χ2v) is 6.81. The number of methoxy groups -OCH3 is 1. The zero-order chi connectivity index (χ0) is 17.6. The Labute approximate surface area is 149 Å². The maximum atomic E-state index is 10.3. The average molecular weight is 344 g/mol. The van der Waals surface area contributed by atoms with Crippen molar-refractivity contribution in [2.24, 2.45) is 0 Å². The van der Waals surface area contributed by atoms with E-state index in [0.29, 0.717) is 13.1 Å². The summed E-state index contributed by atoms with van der Waals surface area (Å²) < 4.78 is 10.6. The molecular weight excluding hydrogens is 316 g/mol. The van der Waals surface area contributed by atoms with Crippen LogP contribution in [0.2, 0.25) is 0 Å². The van der Waals surface area contributed by atoms with Gasteiger partial charge in [0.1, 0.15) is 5.75 Å². The molecule has 0 amide bonds. The molecule has 0 bridgehead atoms. The lowest BCUT2D eigenvalue weighted by Crippen LogP contribution is -2.43. The first-order valence-electron chi connectivity index (χ1n) is 8.87. The molecule has 1 unspecified atom stereocenters. The fraction of sp³-hybridized carbons (Fsp3) is 0.500. The van der Waals surface area contributed by atoms with Crippen LogP contribution in [-0.4, -0.2) is 74.6 Å². The van der Waals surface area contributed by atoms with Gasteiger partial charge >= 0.3 is 0 Å². The van der Waals surface area contributed by atoms with E-state index in [4.69, 9.17) is 9.47 Å². The number of fused-ring (bicyclic) bond motifs is 1. The van der Waals surface area contributed by atoms with Gasteiger partial charge in [0, 0.05) is 32.7 Å². The third kappa shape index (κ3) is 5.16. The predicted molar refractivity (Wildman–Crippen MR) is 100 cm³/mol. The van der Waals surface area contributed by atoms with Crippen LogP contribution in [0.3, 0.4) is 0 Å². The predicted octanol–water partition coefficient (Wildman–Crippen LogP) is 1.97. The van der Waals surface area contributed by atoms with E-state index in [1.165, 1.54) is 16.3 Å². The van der Waals surface area contributed by atoms with Crippen LogP contribution >= 0.6 is 0 Å². The van der Waals surface area contributed by atoms with Gasteiger partial charge in [0.25, 0.3) is 0 Å². The zero-order valence-corrected chi connectivity index (χ0v) is 15.1. The van der Waals surface area contributed by atoms with Gasteiger partial charge in [0.2, 0.25) is 0 Å². The Morgan fingerprint density at radius 3 is 2.64 bits per heavy atom. The summed E-state index contributed by atoms with van der Waals surface area (Å²) in [6, 6.07) is 12.6. The summed E-state index contributed by atoms with van der Waals surface area (Å²) in [5.74, 6) is 0.878. The lowest BCUT2D eigenvalue weighted by atomic mass is 10.1. The first-order chi connectivity index (χ1) is 12.1. The molecule has 1 fully saturated rings. The Morgan fingerprint density at radius 2 is 1.88 bits per heavy atom. The van der Waals surface area contributed by atoms with Gasteiger partial charge in [-0.25, -0.2) is 0 Å². The summed E-state index contributed by atoms with van der Waals surface area (Å²) in [7, 11) is 3.74. The Kier molecular flexibility index (Phi) is 6.26. The van der Waals surface area contributed by atoms with Gasteiger partial charge in [-0.2, -0.15) is 0 Å². The van der Waals surface area contributed by atoms with Crippen molar-refractivity contribution >= 4 is 10.8 Å². The zero-order valence-electron chi connectivity index (χ0n) is 15.1. The van der Waals surface area contributed by atoms with Crippen LogP contribution in [0.1, 0.15) is 5.56 Å². The highest BCUT2D eigenvalue weighted by molar-refractivity contribution is 5.84. The normalized spacial score (nSPS) is 17.1. The fourth-order valence-corrected chi connectivity index (χ4v) is 3.37. The van der Waals surface area contributed by atoms with Crippen molar-refractivity contribution in [3.63, 3.8) is 0 Å². The van der Waals surface area contributed by atoms with Crippen LogP contribution in [-0.2, 0) is 11.3 Å². The van der Waals surface area contributed by atoms with Gasteiger partial charge in [0.05, 0.1) is 26.4 Å². The summed E-state index contributed by atoms with van der Waals surface area (Å²) in [5.41, 5.74) is 1.25. The molecule has 0 saturated carbocycles. The highest BCUT2D eigenvalue weighted by Crippen LogP contribution is 2.22. The van der Waals surface area contributed by atoms with Crippen LogP contribution in [0.15, 0.2) is 36.4 Å². The molecule has 1 aliphatic rings. The minimum Gasteiger partial charge on any atom is -0.497 e. The van der Waals surface area contributed by atoms with E-state index in [9.17, 15) is 5.11 Å². The number of likely N-dealkylation sites (N-methyl/N-ethyl adjacent to an activating group) is 1. The largest absolute Gasteiger partial charge is 0.497 e. The average Bonchev–Trinajstić information content (AvgIpc) is 2.61. The number of morpholine rings is 1. The van der Waals surface area contributed by atoms with E-state index in [0.717, 1.165) is 38.6 Å². The number of benzene rings is 2. The Hall–Kier alpha value is -1.66. The Morgan fingerprint density at radius 1 is 1.16 bits per heavy atom. The van der Waals surface area contributed by atoms with Gasteiger partial charge < -0.3 is 14.6 Å². The summed E-state index contributed by atoms with van der Waals surface area (Å²) in [6.07, 6.45) is -0.340. The van der Waals surface area contributed by atoms with E-state index in [1.54, 1.807) is 7.11 Å². The van der Waals surface area contributed by atoms with Crippen molar-refractivity contribution in [1.82, 2.24) is 9.80 Å². The molecule has 0 aromatic heterocycles. The molecule has 3 rings (SSSR count). The number of hydrogen-bond donors (Lipinski definition) is 1. The molecule has 25 heavy (non-hydrogen) atoms. The van der Waals surface area contributed by atoms with Gasteiger partial charge in [-0.3, -0.25) is 9.80 Å². The van der Waals surface area contributed by atoms with Gasteiger partial charge in [-0.05, 0) is 41.6 Å². The molecule has 5 heteroatoms. The molecule has 0 radical (unpaired) electrons. The van der Waals surface area contributed by atoms with Crippen molar-refractivity contribution in [2.45, 2.75) is 12.6 Å². The molecule has 1 heterocycles. The SMILES string of the molecule is COc1ccc2cc(CN(C)CC(O)CN3CCOCC3)ccc2c1. The van der Waals surface area contributed by atoms with E-state index < -0.39 is 0 Å². The van der Waals surface area contributed by atoms with Crippen molar-refractivity contribution < 1.29 is 14.6 Å². The minimum atomic E-state index is -0.340. The number of aliphatic hydroxyl groups excluding tert-OH is 1. The second-order valence-electron chi connectivity index (χ2n) is 6.81. The third-order valence-corrected chi connectivity index (χ3v) is 4.66. The van der Waals surface area contributed by atoms with Crippen molar-refractivity contribution in [1.29, 1.82) is 0 Å². The summed E-state index contributed by atoms with van der Waals surface area (Å²) in [6.45, 7) is 5.56. The number of β-amino-alcohol motifs (C(OH)–C–C–N with tert-alkyl or cyclic N) is 1. The van der Waals surface area contributed by atoms with Crippen molar-refractivity contribution in [2.75, 3.05) is 53.6 Å². The topological polar surface area (TPSA) is 45.2 Å². The monoisotopic (exact) mass is 344 g/mol. The van der Waals surface area contributed by atoms with Crippen LogP contribution in [0.5, 0.6) is 5.75 Å². The molecule has 1 atom stereocenters. The van der Waals surface area contributed by atoms with Crippen LogP contribution < -0.4 is 4.74 Å². The fourth-order valence-electron chi connectivity index (χ4n) is 3.37. The van der Waals surface area contributed by atoms with Crippen LogP contribution in [0.4, 0.5) is 0 Å². The van der Waals surface area contributed by atoms with Crippen LogP contribution in [0, 0.1) is 0 Å². The van der Waals surface area contributed by atoms with Gasteiger partial charge in [-0.1, -0.05) is 18.2 Å². The Balaban J connectivity index is 1.54. The van der Waals surface area contributed by atoms with E-state index >= 15 is 0 Å². The molecule has 5 nitrogen and oxygen atoms in total. The second kappa shape index (κ2) is 8.63. The van der Waals surface area contributed by atoms with Crippen molar-refractivity contribution in [3.8, 4) is 5.75 Å².